The van der Waals surface area contributed by atoms with Crippen molar-refractivity contribution in [3.8, 4) is 0 Å². The van der Waals surface area contributed by atoms with Gasteiger partial charge in [-0.05, 0) is 26.3 Å². The van der Waals surface area contributed by atoms with Gasteiger partial charge in [0.2, 0.25) is 0 Å². The second kappa shape index (κ2) is 5.15. The third-order valence-electron chi connectivity index (χ3n) is 2.43. The van der Waals surface area contributed by atoms with Crippen molar-refractivity contribution in [2.45, 2.75) is 34.2 Å². The molecule has 0 aliphatic carbocycles. The first-order chi connectivity index (χ1) is 6.61. The summed E-state index contributed by atoms with van der Waals surface area (Å²) in [7, 11) is 0. The third kappa shape index (κ3) is 3.14. The molecule has 0 amide bonds. The van der Waals surface area contributed by atoms with Gasteiger partial charge in [0.25, 0.3) is 0 Å². The Morgan fingerprint density at radius 3 is 2.64 bits per heavy atom. The first-order valence-corrected chi connectivity index (χ1v) is 5.30. The molecule has 1 N–H and O–H groups in total. The maximum absolute atomic E-state index is 4.27. The lowest BCUT2D eigenvalue weighted by Crippen LogP contribution is -2.24. The van der Waals surface area contributed by atoms with Gasteiger partial charge in [0.1, 0.15) is 0 Å². The highest BCUT2D eigenvalue weighted by Crippen LogP contribution is 2.02. The molecule has 14 heavy (non-hydrogen) atoms. The Morgan fingerprint density at radius 2 is 2.14 bits per heavy atom. The molecule has 1 aromatic heterocycles. The molecule has 0 bridgehead atoms. The van der Waals surface area contributed by atoms with E-state index in [9.17, 15) is 0 Å². The number of nitrogens with zero attached hydrogens (tertiary/aromatic N) is 2. The van der Waals surface area contributed by atoms with Gasteiger partial charge >= 0.3 is 0 Å². The number of hydrogen-bond acceptors (Lipinski definition) is 2. The summed E-state index contributed by atoms with van der Waals surface area (Å²) in [5.41, 5.74) is 2.41. The molecule has 0 saturated heterocycles. The van der Waals surface area contributed by atoms with E-state index in [1.807, 2.05) is 13.3 Å². The van der Waals surface area contributed by atoms with Crippen LogP contribution in [0.25, 0.3) is 0 Å². The maximum Gasteiger partial charge on any atom is 0.0951 e. The Kier molecular flexibility index (Phi) is 4.14. The van der Waals surface area contributed by atoms with Crippen LogP contribution < -0.4 is 5.32 Å². The summed E-state index contributed by atoms with van der Waals surface area (Å²) in [6.07, 6.45) is 1.92. The van der Waals surface area contributed by atoms with Crippen LogP contribution in [-0.2, 0) is 6.54 Å². The van der Waals surface area contributed by atoms with Crippen LogP contribution in [0.5, 0.6) is 0 Å². The zero-order valence-corrected chi connectivity index (χ0v) is 9.67. The first kappa shape index (κ1) is 11.2. The number of nitrogens with one attached hydrogen (secondary N) is 1. The van der Waals surface area contributed by atoms with Crippen LogP contribution in [-0.4, -0.2) is 22.6 Å². The fraction of sp³-hybridized carbons (Fsp3) is 0.727. The van der Waals surface area contributed by atoms with Crippen LogP contribution in [0.2, 0.25) is 0 Å². The van der Waals surface area contributed by atoms with Crippen molar-refractivity contribution >= 4 is 0 Å². The molecule has 1 heterocycles. The van der Waals surface area contributed by atoms with Gasteiger partial charge in [-0.3, -0.25) is 0 Å². The van der Waals surface area contributed by atoms with Crippen molar-refractivity contribution in [1.82, 2.24) is 14.9 Å². The molecule has 3 nitrogen and oxygen atoms in total. The number of aryl methyl sites for hydroxylation is 1. The van der Waals surface area contributed by atoms with Crippen molar-refractivity contribution in [1.29, 1.82) is 0 Å². The van der Waals surface area contributed by atoms with Crippen LogP contribution in [0.15, 0.2) is 6.33 Å². The molecule has 0 spiro atoms. The van der Waals surface area contributed by atoms with Crippen molar-refractivity contribution in [3.05, 3.63) is 17.7 Å². The smallest absolute Gasteiger partial charge is 0.0951 e. The number of hydrogen-bond donors (Lipinski definition) is 1. The van der Waals surface area contributed by atoms with Gasteiger partial charge in [-0.1, -0.05) is 13.8 Å². The molecule has 0 saturated carbocycles. The summed E-state index contributed by atoms with van der Waals surface area (Å²) < 4.78 is 2.20. The highest BCUT2D eigenvalue weighted by Gasteiger charge is 2.00. The Labute approximate surface area is 86.5 Å². The van der Waals surface area contributed by atoms with E-state index in [-0.39, 0.29) is 0 Å². The van der Waals surface area contributed by atoms with Crippen molar-refractivity contribution < 1.29 is 0 Å². The van der Waals surface area contributed by atoms with Crippen molar-refractivity contribution in [2.75, 3.05) is 13.1 Å². The number of aromatic nitrogens is 2. The standard InChI is InChI=1S/C11H21N3/c1-9(2)7-12-5-6-14-8-13-10(3)11(14)4/h8-9,12H,5-7H2,1-4H3. The summed E-state index contributed by atoms with van der Waals surface area (Å²) in [6.45, 7) is 11.7. The van der Waals surface area contributed by atoms with Gasteiger partial charge in [0, 0.05) is 18.8 Å². The highest BCUT2D eigenvalue weighted by atomic mass is 15.1. The minimum atomic E-state index is 0.723. The van der Waals surface area contributed by atoms with Crippen LogP contribution in [0.4, 0.5) is 0 Å². The summed E-state index contributed by atoms with van der Waals surface area (Å²) in [5, 5.41) is 3.42. The van der Waals surface area contributed by atoms with Gasteiger partial charge in [0.05, 0.1) is 12.0 Å². The maximum atomic E-state index is 4.27. The Hall–Kier alpha value is -0.830. The quantitative estimate of drug-likeness (QED) is 0.725. The van der Waals surface area contributed by atoms with Crippen LogP contribution in [0, 0.1) is 19.8 Å². The molecule has 1 rings (SSSR count). The average molecular weight is 195 g/mol. The SMILES string of the molecule is Cc1ncn(CCNCC(C)C)c1C. The first-order valence-electron chi connectivity index (χ1n) is 5.30. The third-order valence-corrected chi connectivity index (χ3v) is 2.43. The summed E-state index contributed by atoms with van der Waals surface area (Å²) >= 11 is 0. The molecule has 0 radical (unpaired) electrons. The molecule has 0 atom stereocenters. The zero-order chi connectivity index (χ0) is 10.6. The van der Waals surface area contributed by atoms with Crippen molar-refractivity contribution in [2.24, 2.45) is 5.92 Å². The number of rotatable bonds is 5. The lowest BCUT2D eigenvalue weighted by Gasteiger charge is -2.08. The second-order valence-corrected chi connectivity index (χ2v) is 4.21. The molecule has 0 fully saturated rings. The lowest BCUT2D eigenvalue weighted by atomic mass is 10.2. The monoisotopic (exact) mass is 195 g/mol. The Morgan fingerprint density at radius 1 is 1.43 bits per heavy atom. The number of imidazole rings is 1. The van der Waals surface area contributed by atoms with Crippen LogP contribution in [0.3, 0.4) is 0 Å². The van der Waals surface area contributed by atoms with E-state index in [0.29, 0.717) is 0 Å². The van der Waals surface area contributed by atoms with Gasteiger partial charge in [-0.25, -0.2) is 4.98 Å². The largest absolute Gasteiger partial charge is 0.333 e. The minimum absolute atomic E-state index is 0.723. The molecule has 0 aromatic carbocycles. The lowest BCUT2D eigenvalue weighted by molar-refractivity contribution is 0.521. The van der Waals surface area contributed by atoms with E-state index in [0.717, 1.165) is 31.2 Å². The fourth-order valence-electron chi connectivity index (χ4n) is 1.36. The summed E-state index contributed by atoms with van der Waals surface area (Å²) in [5.74, 6) is 0.723. The molecular weight excluding hydrogens is 174 g/mol. The predicted octanol–water partition coefficient (Wildman–Crippen LogP) is 1.75. The van der Waals surface area contributed by atoms with E-state index in [4.69, 9.17) is 0 Å². The van der Waals surface area contributed by atoms with Crippen molar-refractivity contribution in [3.63, 3.8) is 0 Å². The molecule has 3 heteroatoms. The minimum Gasteiger partial charge on any atom is -0.333 e. The Bertz CT molecular complexity index is 276. The molecule has 0 aliphatic rings. The fourth-order valence-corrected chi connectivity index (χ4v) is 1.36. The molecule has 1 aromatic rings. The molecule has 0 aliphatic heterocycles. The Balaban J connectivity index is 2.28. The molecular formula is C11H21N3. The van der Waals surface area contributed by atoms with Crippen LogP contribution >= 0.6 is 0 Å². The van der Waals surface area contributed by atoms with Crippen LogP contribution in [0.1, 0.15) is 25.2 Å². The van der Waals surface area contributed by atoms with Gasteiger partial charge in [-0.15, -0.1) is 0 Å². The average Bonchev–Trinajstić information content (AvgIpc) is 2.43. The van der Waals surface area contributed by atoms with E-state index >= 15 is 0 Å². The molecule has 0 unspecified atom stereocenters. The van der Waals surface area contributed by atoms with E-state index < -0.39 is 0 Å². The van der Waals surface area contributed by atoms with Gasteiger partial charge in [-0.2, -0.15) is 0 Å². The van der Waals surface area contributed by atoms with E-state index in [1.165, 1.54) is 5.69 Å². The second-order valence-electron chi connectivity index (χ2n) is 4.21. The summed E-state index contributed by atoms with van der Waals surface area (Å²) in [4.78, 5) is 4.27. The predicted molar refractivity (Wildman–Crippen MR) is 59.4 cm³/mol. The zero-order valence-electron chi connectivity index (χ0n) is 9.67. The van der Waals surface area contributed by atoms with E-state index in [2.05, 4.69) is 35.6 Å². The normalized spacial score (nSPS) is 11.2. The van der Waals surface area contributed by atoms with Gasteiger partial charge in [0.15, 0.2) is 0 Å². The molecule has 80 valence electrons. The highest BCUT2D eigenvalue weighted by molar-refractivity contribution is 5.08. The van der Waals surface area contributed by atoms with Gasteiger partial charge < -0.3 is 9.88 Å². The topological polar surface area (TPSA) is 29.9 Å². The van der Waals surface area contributed by atoms with E-state index in [1.54, 1.807) is 0 Å². The summed E-state index contributed by atoms with van der Waals surface area (Å²) in [6, 6.07) is 0.